The molecule has 1 N–H and O–H groups in total. The Labute approximate surface area is 514 Å². The summed E-state index contributed by atoms with van der Waals surface area (Å²) in [6.07, 6.45) is 81.6. The van der Waals surface area contributed by atoms with Gasteiger partial charge in [-0.05, 0) is 102 Å². The largest absolute Gasteiger partial charge is 0.756 e. The number of rotatable bonds is 64. The van der Waals surface area contributed by atoms with E-state index in [4.69, 9.17) is 13.8 Å². The molecule has 0 rings (SSSR count). The van der Waals surface area contributed by atoms with Crippen LogP contribution in [0.5, 0.6) is 0 Å². The Hall–Kier alpha value is -2.55. The zero-order chi connectivity index (χ0) is 60.7. The number of amides is 1. The van der Waals surface area contributed by atoms with Gasteiger partial charge in [-0.1, -0.05) is 287 Å². The molecule has 0 radical (unpaired) electrons. The average molecular weight is 1180 g/mol. The summed E-state index contributed by atoms with van der Waals surface area (Å²) >= 11 is 0. The van der Waals surface area contributed by atoms with Crippen LogP contribution in [0.3, 0.4) is 0 Å². The predicted molar refractivity (Wildman–Crippen MR) is 358 cm³/mol. The fraction of sp³-hybridized carbons (Fsp3) is 0.808. The molecule has 0 saturated heterocycles. The van der Waals surface area contributed by atoms with Crippen molar-refractivity contribution in [2.75, 3.05) is 40.9 Å². The topological polar surface area (TPSA) is 114 Å². The molecule has 0 saturated carbocycles. The number of allylic oxidation sites excluding steroid dienone is 11. The first-order valence-corrected chi connectivity index (χ1v) is 36.7. The van der Waals surface area contributed by atoms with Crippen molar-refractivity contribution in [2.24, 2.45) is 0 Å². The normalized spacial score (nSPS) is 14.0. The van der Waals surface area contributed by atoms with Gasteiger partial charge in [-0.2, -0.15) is 0 Å². The number of ether oxygens (including phenoxy) is 1. The first kappa shape index (κ1) is 80.5. The van der Waals surface area contributed by atoms with Gasteiger partial charge in [-0.3, -0.25) is 14.2 Å². The van der Waals surface area contributed by atoms with Crippen LogP contribution in [0.25, 0.3) is 0 Å². The molecular weight excluding hydrogens is 1050 g/mol. The number of unbranched alkanes of at least 4 members (excludes halogenated alkanes) is 38. The summed E-state index contributed by atoms with van der Waals surface area (Å²) in [7, 11) is 1.19. The number of phosphoric acid groups is 1. The average Bonchev–Trinajstić information content (AvgIpc) is 3.51. The second-order valence-electron chi connectivity index (χ2n) is 25.0. The third kappa shape index (κ3) is 63.8. The number of quaternary nitrogens is 1. The lowest BCUT2D eigenvalue weighted by molar-refractivity contribution is -0.870. The van der Waals surface area contributed by atoms with E-state index < -0.39 is 20.0 Å². The number of carbonyl (C=O) groups excluding carboxylic acids is 2. The molecule has 0 aliphatic heterocycles. The summed E-state index contributed by atoms with van der Waals surface area (Å²) in [6, 6.07) is -0.893. The van der Waals surface area contributed by atoms with E-state index >= 15 is 0 Å². The molecule has 83 heavy (non-hydrogen) atoms. The van der Waals surface area contributed by atoms with Crippen molar-refractivity contribution in [2.45, 2.75) is 341 Å². The van der Waals surface area contributed by atoms with Gasteiger partial charge in [0.1, 0.15) is 19.3 Å². The van der Waals surface area contributed by atoms with Crippen molar-refractivity contribution in [1.29, 1.82) is 0 Å². The van der Waals surface area contributed by atoms with Crippen LogP contribution in [0.15, 0.2) is 72.9 Å². The molecule has 10 heteroatoms. The van der Waals surface area contributed by atoms with Crippen LogP contribution in [-0.2, 0) is 27.9 Å². The number of phosphoric ester groups is 1. The molecule has 0 aliphatic rings. The maximum atomic E-state index is 13.6. The minimum Gasteiger partial charge on any atom is -0.756 e. The van der Waals surface area contributed by atoms with Crippen LogP contribution >= 0.6 is 7.82 Å². The first-order valence-electron chi connectivity index (χ1n) is 35.2. The second-order valence-corrected chi connectivity index (χ2v) is 26.4. The van der Waals surface area contributed by atoms with E-state index in [0.29, 0.717) is 17.4 Å². The Balaban J connectivity index is 5.04. The lowest BCUT2D eigenvalue weighted by Gasteiger charge is -2.30. The molecule has 0 aliphatic carbocycles. The molecule has 0 aromatic carbocycles. The minimum atomic E-state index is -4.71. The summed E-state index contributed by atoms with van der Waals surface area (Å²) in [4.78, 5) is 40.2. The van der Waals surface area contributed by atoms with Crippen LogP contribution in [0.2, 0.25) is 0 Å². The van der Waals surface area contributed by atoms with Gasteiger partial charge in [0.15, 0.2) is 0 Å². The first-order chi connectivity index (χ1) is 40.4. The molecule has 0 aromatic heterocycles. The van der Waals surface area contributed by atoms with Gasteiger partial charge in [0.2, 0.25) is 5.91 Å². The Morgan fingerprint density at radius 1 is 0.422 bits per heavy atom. The molecule has 0 bridgehead atoms. The third-order valence-corrected chi connectivity index (χ3v) is 16.6. The summed E-state index contributed by atoms with van der Waals surface area (Å²) in [5.74, 6) is -0.538. The molecule has 0 aromatic rings. The van der Waals surface area contributed by atoms with E-state index in [2.05, 4.69) is 86.8 Å². The number of likely N-dealkylation sites (N-methyl/N-ethyl adjacent to an activating group) is 1. The van der Waals surface area contributed by atoms with Crippen molar-refractivity contribution in [1.82, 2.24) is 5.32 Å². The van der Waals surface area contributed by atoms with Gasteiger partial charge in [0.25, 0.3) is 7.82 Å². The second kappa shape index (κ2) is 62.5. The summed E-state index contributed by atoms with van der Waals surface area (Å²) in [6.45, 7) is 6.82. The van der Waals surface area contributed by atoms with E-state index in [0.717, 1.165) is 77.0 Å². The summed E-state index contributed by atoms with van der Waals surface area (Å²) < 4.78 is 30.4. The fourth-order valence-corrected chi connectivity index (χ4v) is 10.9. The van der Waals surface area contributed by atoms with Gasteiger partial charge in [-0.25, -0.2) is 0 Å². The van der Waals surface area contributed by atoms with Crippen LogP contribution in [0.1, 0.15) is 329 Å². The van der Waals surface area contributed by atoms with E-state index in [1.54, 1.807) is 0 Å². The maximum absolute atomic E-state index is 13.6. The lowest BCUT2D eigenvalue weighted by atomic mass is 10.0. The van der Waals surface area contributed by atoms with Crippen LogP contribution in [-0.4, -0.2) is 69.4 Å². The van der Waals surface area contributed by atoms with Crippen LogP contribution in [0.4, 0.5) is 0 Å². The highest BCUT2D eigenvalue weighted by Crippen LogP contribution is 2.38. The Morgan fingerprint density at radius 2 is 0.735 bits per heavy atom. The molecule has 0 spiro atoms. The van der Waals surface area contributed by atoms with Crippen molar-refractivity contribution in [3.05, 3.63) is 72.9 Å². The fourth-order valence-electron chi connectivity index (χ4n) is 10.1. The smallest absolute Gasteiger partial charge is 0.306 e. The number of hydrogen-bond acceptors (Lipinski definition) is 7. The van der Waals surface area contributed by atoms with Crippen molar-refractivity contribution < 1.29 is 37.3 Å². The number of nitrogens with one attached hydrogen (secondary N) is 1. The van der Waals surface area contributed by atoms with E-state index in [1.807, 2.05) is 33.3 Å². The molecule has 3 unspecified atom stereocenters. The van der Waals surface area contributed by atoms with Gasteiger partial charge in [0.05, 0.1) is 33.8 Å². The minimum absolute atomic E-state index is 0.0241. The summed E-state index contributed by atoms with van der Waals surface area (Å²) in [5.41, 5.74) is 0. The van der Waals surface area contributed by atoms with Crippen molar-refractivity contribution >= 4 is 19.7 Å². The summed E-state index contributed by atoms with van der Waals surface area (Å²) in [5, 5.41) is 3.04. The Kier molecular flexibility index (Phi) is 60.6. The third-order valence-electron chi connectivity index (χ3n) is 15.6. The predicted octanol–water partition coefficient (Wildman–Crippen LogP) is 21.7. The van der Waals surface area contributed by atoms with Gasteiger partial charge >= 0.3 is 5.97 Å². The Morgan fingerprint density at radius 3 is 1.12 bits per heavy atom. The number of esters is 1. The van der Waals surface area contributed by atoms with Crippen LogP contribution < -0.4 is 10.2 Å². The van der Waals surface area contributed by atoms with Crippen molar-refractivity contribution in [3.63, 3.8) is 0 Å². The van der Waals surface area contributed by atoms with E-state index in [1.165, 1.54) is 218 Å². The molecule has 1 amide bonds. The van der Waals surface area contributed by atoms with E-state index in [9.17, 15) is 19.0 Å². The van der Waals surface area contributed by atoms with Crippen LogP contribution in [0, 0.1) is 0 Å². The zero-order valence-electron chi connectivity index (χ0n) is 55.4. The van der Waals surface area contributed by atoms with Gasteiger partial charge in [0, 0.05) is 12.8 Å². The molecule has 9 nitrogen and oxygen atoms in total. The number of carbonyl (C=O) groups is 2. The lowest BCUT2D eigenvalue weighted by Crippen LogP contribution is -2.47. The quantitative estimate of drug-likeness (QED) is 0.0212. The monoisotopic (exact) mass is 1180 g/mol. The van der Waals surface area contributed by atoms with Gasteiger partial charge < -0.3 is 28.5 Å². The maximum Gasteiger partial charge on any atom is 0.306 e. The van der Waals surface area contributed by atoms with Gasteiger partial charge in [-0.15, -0.1) is 0 Å². The highest BCUT2D eigenvalue weighted by atomic mass is 31.2. The van der Waals surface area contributed by atoms with E-state index in [-0.39, 0.29) is 31.5 Å². The number of nitrogens with zero attached hydrogens (tertiary/aromatic N) is 1. The zero-order valence-corrected chi connectivity index (χ0v) is 56.3. The molecule has 3 atom stereocenters. The molecule has 0 fully saturated rings. The van der Waals surface area contributed by atoms with Crippen molar-refractivity contribution in [3.8, 4) is 0 Å². The molecule has 0 heterocycles. The Bertz CT molecular complexity index is 1650. The SMILES string of the molecule is CCCCC/C=C\C/C=C\C/C=C\CCCCCCCCCCCCC(=O)OC(/C=C/CCCCCCCCCCC)C(COP(=O)([O-])OCC[N+](C)(C)C)NC(=O)CCCCCCCCCCCCCCC/C=C\C/C=C\CCCCC. The molecular formula is C73H135N2O7P. The standard InChI is InChI=1S/C73H135N2O7P/c1-7-10-13-16-19-22-25-27-29-31-33-35-37-39-41-43-45-47-50-53-56-59-62-65-72(76)74-70(69-81-83(78,79)80-68-67-75(4,5)6)71(64-61-58-55-52-49-24-21-18-15-12-9-3)82-73(77)66-63-60-57-54-51-48-46-44-42-40-38-36-34-32-30-28-26-23-20-17-14-11-8-2/h19-20,22-23,27-30,34,36,61,64,70-71H,7-18,21,24-26,31-33,35,37-60,62-63,65-69H2,1-6H3,(H-,74,76,78,79)/b22-19-,23-20-,29-27-,30-28-,36-34-,64-61+. The molecule has 484 valence electrons. The highest BCUT2D eigenvalue weighted by molar-refractivity contribution is 7.45. The number of hydrogen-bond donors (Lipinski definition) is 1. The highest BCUT2D eigenvalue weighted by Gasteiger charge is 2.27.